The highest BCUT2D eigenvalue weighted by Gasteiger charge is 2.12. The van der Waals surface area contributed by atoms with Crippen molar-refractivity contribution in [3.8, 4) is 0 Å². The van der Waals surface area contributed by atoms with Crippen LogP contribution < -0.4 is 4.90 Å². The Labute approximate surface area is 93.8 Å². The van der Waals surface area contributed by atoms with Gasteiger partial charge in [0.2, 0.25) is 0 Å². The van der Waals surface area contributed by atoms with Crippen LogP contribution >= 0.6 is 0 Å². The second-order valence-electron chi connectivity index (χ2n) is 3.53. The summed E-state index contributed by atoms with van der Waals surface area (Å²) in [5.74, 6) is 0. The standard InChI is InChI=1S/C12H14N2O2/c1-3-14(4-2)11-6-5-10(13-15)12-9(11)7-8-16-12/h5-8H,3-4H2,1-2H3. The molecule has 0 aliphatic heterocycles. The number of benzene rings is 1. The maximum atomic E-state index is 10.6. The van der Waals surface area contributed by atoms with Gasteiger partial charge in [-0.25, -0.2) is 0 Å². The Hall–Kier alpha value is -1.84. The van der Waals surface area contributed by atoms with Gasteiger partial charge in [0.25, 0.3) is 0 Å². The van der Waals surface area contributed by atoms with E-state index in [9.17, 15) is 4.91 Å². The van der Waals surface area contributed by atoms with E-state index in [4.69, 9.17) is 4.42 Å². The molecule has 4 heteroatoms. The SMILES string of the molecule is CCN(CC)c1ccc(N=O)c2occc12. The van der Waals surface area contributed by atoms with Crippen LogP contribution in [0, 0.1) is 4.91 Å². The Morgan fingerprint density at radius 2 is 2.00 bits per heavy atom. The number of anilines is 1. The number of furan rings is 1. The third-order valence-electron chi connectivity index (χ3n) is 2.78. The number of hydrogen-bond acceptors (Lipinski definition) is 4. The Bertz CT molecular complexity index is 501. The minimum Gasteiger partial charge on any atom is -0.462 e. The highest BCUT2D eigenvalue weighted by molar-refractivity contribution is 5.97. The van der Waals surface area contributed by atoms with Gasteiger partial charge in [-0.1, -0.05) is 0 Å². The summed E-state index contributed by atoms with van der Waals surface area (Å²) in [7, 11) is 0. The van der Waals surface area contributed by atoms with Crippen LogP contribution in [0.5, 0.6) is 0 Å². The second kappa shape index (κ2) is 4.35. The number of rotatable bonds is 4. The second-order valence-corrected chi connectivity index (χ2v) is 3.53. The predicted molar refractivity (Wildman–Crippen MR) is 65.2 cm³/mol. The Kier molecular flexibility index (Phi) is 2.90. The molecule has 0 atom stereocenters. The van der Waals surface area contributed by atoms with Crippen LogP contribution in [-0.4, -0.2) is 13.1 Å². The van der Waals surface area contributed by atoms with Crippen LogP contribution in [-0.2, 0) is 0 Å². The summed E-state index contributed by atoms with van der Waals surface area (Å²) in [4.78, 5) is 12.8. The van der Waals surface area contributed by atoms with Gasteiger partial charge in [0, 0.05) is 24.2 Å². The Morgan fingerprint density at radius 1 is 1.25 bits per heavy atom. The molecule has 0 amide bonds. The van der Waals surface area contributed by atoms with Crippen LogP contribution in [0.1, 0.15) is 13.8 Å². The lowest BCUT2D eigenvalue weighted by atomic mass is 10.2. The average Bonchev–Trinajstić information content (AvgIpc) is 2.80. The maximum absolute atomic E-state index is 10.6. The fraction of sp³-hybridized carbons (Fsp3) is 0.333. The molecule has 1 aromatic carbocycles. The van der Waals surface area contributed by atoms with E-state index in [1.165, 1.54) is 0 Å². The van der Waals surface area contributed by atoms with E-state index in [-0.39, 0.29) is 0 Å². The molecule has 0 bridgehead atoms. The predicted octanol–water partition coefficient (Wildman–Crippen LogP) is 3.68. The summed E-state index contributed by atoms with van der Waals surface area (Å²) in [6, 6.07) is 5.49. The van der Waals surface area contributed by atoms with Crippen LogP contribution in [0.4, 0.5) is 11.4 Å². The maximum Gasteiger partial charge on any atom is 0.165 e. The molecule has 0 saturated carbocycles. The molecule has 0 spiro atoms. The van der Waals surface area contributed by atoms with Crippen molar-refractivity contribution in [3.05, 3.63) is 29.4 Å². The van der Waals surface area contributed by atoms with E-state index in [2.05, 4.69) is 23.9 Å². The van der Waals surface area contributed by atoms with Crippen LogP contribution in [0.15, 0.2) is 34.1 Å². The molecular weight excluding hydrogens is 204 g/mol. The molecule has 16 heavy (non-hydrogen) atoms. The molecule has 0 unspecified atom stereocenters. The van der Waals surface area contributed by atoms with Gasteiger partial charge in [0.15, 0.2) is 11.3 Å². The highest BCUT2D eigenvalue weighted by atomic mass is 16.3. The summed E-state index contributed by atoms with van der Waals surface area (Å²) in [5.41, 5.74) is 2.01. The molecule has 0 aliphatic carbocycles. The summed E-state index contributed by atoms with van der Waals surface area (Å²) >= 11 is 0. The molecule has 0 radical (unpaired) electrons. The van der Waals surface area contributed by atoms with Crippen molar-refractivity contribution in [2.24, 2.45) is 5.18 Å². The van der Waals surface area contributed by atoms with E-state index in [1.54, 1.807) is 12.3 Å². The molecule has 1 aromatic heterocycles. The van der Waals surface area contributed by atoms with Crippen molar-refractivity contribution in [1.82, 2.24) is 0 Å². The zero-order chi connectivity index (χ0) is 11.5. The first kappa shape index (κ1) is 10.7. The molecule has 84 valence electrons. The first-order valence-electron chi connectivity index (χ1n) is 5.40. The molecule has 4 nitrogen and oxygen atoms in total. The van der Waals surface area contributed by atoms with Gasteiger partial charge in [0.05, 0.1) is 6.26 Å². The lowest BCUT2D eigenvalue weighted by Gasteiger charge is -2.21. The molecule has 2 rings (SSSR count). The Morgan fingerprint density at radius 3 is 2.62 bits per heavy atom. The molecule has 0 N–H and O–H groups in total. The van der Waals surface area contributed by atoms with Crippen molar-refractivity contribution in [2.45, 2.75) is 13.8 Å². The number of nitrogens with zero attached hydrogens (tertiary/aromatic N) is 2. The minimum absolute atomic E-state index is 0.357. The smallest absolute Gasteiger partial charge is 0.165 e. The van der Waals surface area contributed by atoms with Crippen molar-refractivity contribution >= 4 is 22.3 Å². The van der Waals surface area contributed by atoms with Crippen LogP contribution in [0.3, 0.4) is 0 Å². The van der Waals surface area contributed by atoms with Gasteiger partial charge in [-0.05, 0) is 37.2 Å². The van der Waals surface area contributed by atoms with Gasteiger partial charge < -0.3 is 9.32 Å². The largest absolute Gasteiger partial charge is 0.462 e. The summed E-state index contributed by atoms with van der Waals surface area (Å²) in [5, 5.41) is 3.91. The highest BCUT2D eigenvalue weighted by Crippen LogP contribution is 2.34. The van der Waals surface area contributed by atoms with Crippen molar-refractivity contribution in [1.29, 1.82) is 0 Å². The molecule has 0 aliphatic rings. The first-order chi connectivity index (χ1) is 7.81. The summed E-state index contributed by atoms with van der Waals surface area (Å²) < 4.78 is 5.30. The quantitative estimate of drug-likeness (QED) is 0.735. The number of nitroso groups, excluding NO2 is 1. The van der Waals surface area contributed by atoms with Gasteiger partial charge >= 0.3 is 0 Å². The van der Waals surface area contributed by atoms with Gasteiger partial charge in [-0.2, -0.15) is 0 Å². The van der Waals surface area contributed by atoms with E-state index in [0.29, 0.717) is 11.3 Å². The fourth-order valence-corrected chi connectivity index (χ4v) is 1.94. The third kappa shape index (κ3) is 1.56. The first-order valence-corrected chi connectivity index (χ1v) is 5.40. The number of fused-ring (bicyclic) bond motifs is 1. The lowest BCUT2D eigenvalue weighted by Crippen LogP contribution is -2.21. The molecular formula is C12H14N2O2. The van der Waals surface area contributed by atoms with Crippen molar-refractivity contribution < 1.29 is 4.42 Å². The Balaban J connectivity index is 2.63. The van der Waals surface area contributed by atoms with Crippen LogP contribution in [0.2, 0.25) is 0 Å². The molecule has 0 saturated heterocycles. The average molecular weight is 218 g/mol. The van der Waals surface area contributed by atoms with Crippen molar-refractivity contribution in [3.63, 3.8) is 0 Å². The topological polar surface area (TPSA) is 45.8 Å². The van der Waals surface area contributed by atoms with Gasteiger partial charge in [0.1, 0.15) is 0 Å². The molecule has 0 fully saturated rings. The van der Waals surface area contributed by atoms with E-state index in [1.807, 2.05) is 12.1 Å². The zero-order valence-electron chi connectivity index (χ0n) is 9.43. The monoisotopic (exact) mass is 218 g/mol. The van der Waals surface area contributed by atoms with Crippen molar-refractivity contribution in [2.75, 3.05) is 18.0 Å². The summed E-state index contributed by atoms with van der Waals surface area (Å²) in [6.07, 6.45) is 1.59. The van der Waals surface area contributed by atoms with E-state index < -0.39 is 0 Å². The third-order valence-corrected chi connectivity index (χ3v) is 2.78. The fourth-order valence-electron chi connectivity index (χ4n) is 1.94. The van der Waals surface area contributed by atoms with Gasteiger partial charge in [-0.15, -0.1) is 4.91 Å². The summed E-state index contributed by atoms with van der Waals surface area (Å²) in [6.45, 7) is 6.04. The number of hydrogen-bond donors (Lipinski definition) is 0. The van der Waals surface area contributed by atoms with Crippen LogP contribution in [0.25, 0.3) is 11.0 Å². The molecule has 1 heterocycles. The minimum atomic E-state index is 0.357. The molecule has 2 aromatic rings. The van der Waals surface area contributed by atoms with E-state index in [0.717, 1.165) is 24.2 Å². The lowest BCUT2D eigenvalue weighted by molar-refractivity contribution is 0.616. The zero-order valence-corrected chi connectivity index (χ0v) is 9.43. The normalized spacial score (nSPS) is 10.6. The van der Waals surface area contributed by atoms with E-state index >= 15 is 0 Å². The van der Waals surface area contributed by atoms with Gasteiger partial charge in [-0.3, -0.25) is 0 Å².